The van der Waals surface area contributed by atoms with Gasteiger partial charge in [0, 0.05) is 30.9 Å². The first-order chi connectivity index (χ1) is 11.5. The van der Waals surface area contributed by atoms with Gasteiger partial charge in [0.25, 0.3) is 5.91 Å². The molecule has 6 nitrogen and oxygen atoms in total. The zero-order valence-corrected chi connectivity index (χ0v) is 13.3. The highest BCUT2D eigenvalue weighted by Gasteiger charge is 2.30. The molecule has 24 heavy (non-hydrogen) atoms. The average molecular weight is 326 g/mol. The second-order valence-electron chi connectivity index (χ2n) is 5.83. The van der Waals surface area contributed by atoms with E-state index in [4.69, 9.17) is 4.42 Å². The van der Waals surface area contributed by atoms with Crippen molar-refractivity contribution in [2.45, 2.75) is 32.2 Å². The molecule has 0 saturated carbocycles. The van der Waals surface area contributed by atoms with Crippen LogP contribution in [0, 0.1) is 0 Å². The topological polar surface area (TPSA) is 79.6 Å². The Morgan fingerprint density at radius 2 is 1.96 bits per heavy atom. The van der Waals surface area contributed by atoms with Gasteiger partial charge in [-0.1, -0.05) is 6.07 Å². The molecule has 0 aliphatic carbocycles. The molecule has 0 spiro atoms. The van der Waals surface area contributed by atoms with E-state index in [2.05, 4.69) is 5.32 Å². The lowest BCUT2D eigenvalue weighted by Gasteiger charge is -2.16. The maximum Gasteiger partial charge on any atom is 0.251 e. The fraction of sp³-hybridized carbons (Fsp3) is 0.278. The molecule has 1 fully saturated rings. The van der Waals surface area contributed by atoms with Crippen molar-refractivity contribution in [1.29, 1.82) is 0 Å². The minimum absolute atomic E-state index is 0.109. The third-order valence-electron chi connectivity index (χ3n) is 3.88. The summed E-state index contributed by atoms with van der Waals surface area (Å²) in [6.45, 7) is 1.89. The Labute approximate surface area is 139 Å². The van der Waals surface area contributed by atoms with Crippen LogP contribution >= 0.6 is 0 Å². The van der Waals surface area contributed by atoms with Gasteiger partial charge in [0.1, 0.15) is 5.76 Å². The normalized spacial score (nSPS) is 15.6. The molecule has 3 amide bonds. The Bertz CT molecular complexity index is 751. The first kappa shape index (κ1) is 16.0. The van der Waals surface area contributed by atoms with E-state index in [0.717, 1.165) is 10.7 Å². The van der Waals surface area contributed by atoms with Crippen molar-refractivity contribution in [2.24, 2.45) is 0 Å². The van der Waals surface area contributed by atoms with E-state index < -0.39 is 0 Å². The Balaban J connectivity index is 1.70. The predicted molar refractivity (Wildman–Crippen MR) is 87.5 cm³/mol. The van der Waals surface area contributed by atoms with Crippen LogP contribution in [0.4, 0.5) is 5.69 Å². The number of amides is 3. The lowest BCUT2D eigenvalue weighted by molar-refractivity contribution is -0.121. The van der Waals surface area contributed by atoms with E-state index in [-0.39, 0.29) is 36.6 Å². The molecule has 1 saturated heterocycles. The molecule has 1 aromatic carbocycles. The second kappa shape index (κ2) is 6.70. The molecular weight excluding hydrogens is 308 g/mol. The summed E-state index contributed by atoms with van der Waals surface area (Å²) in [5.41, 5.74) is 0.847. The number of hydrogen-bond acceptors (Lipinski definition) is 4. The Morgan fingerprint density at radius 3 is 2.62 bits per heavy atom. The zero-order valence-electron chi connectivity index (χ0n) is 13.3. The van der Waals surface area contributed by atoms with E-state index in [1.807, 2.05) is 13.0 Å². The van der Waals surface area contributed by atoms with Crippen molar-refractivity contribution in [3.63, 3.8) is 0 Å². The molecular formula is C18H18N2O4. The monoisotopic (exact) mass is 326 g/mol. The van der Waals surface area contributed by atoms with E-state index in [9.17, 15) is 14.4 Å². The van der Waals surface area contributed by atoms with Crippen LogP contribution in [0.25, 0.3) is 0 Å². The summed E-state index contributed by atoms with van der Waals surface area (Å²) in [7, 11) is 0. The Kier molecular flexibility index (Phi) is 4.46. The van der Waals surface area contributed by atoms with Crippen LogP contribution in [0.5, 0.6) is 0 Å². The van der Waals surface area contributed by atoms with Crippen LogP contribution in [-0.2, 0) is 16.0 Å². The minimum atomic E-state index is -0.255. The van der Waals surface area contributed by atoms with Crippen LogP contribution < -0.4 is 10.2 Å². The number of nitrogens with one attached hydrogen (secondary N) is 1. The molecule has 3 rings (SSSR count). The highest BCUT2D eigenvalue weighted by Crippen LogP contribution is 2.23. The fourth-order valence-electron chi connectivity index (χ4n) is 2.74. The summed E-state index contributed by atoms with van der Waals surface area (Å²) in [5.74, 6) is 0.0762. The number of carbonyl (C=O) groups is 3. The summed E-state index contributed by atoms with van der Waals surface area (Å²) in [4.78, 5) is 37.2. The molecule has 1 N–H and O–H groups in total. The van der Waals surface area contributed by atoms with Gasteiger partial charge in [0.2, 0.25) is 11.8 Å². The number of imide groups is 1. The van der Waals surface area contributed by atoms with Gasteiger partial charge in [0.15, 0.2) is 0 Å². The SMILES string of the molecule is CC(Cc1ccco1)NC(=O)c1cccc(N2C(=O)CCC2=O)c1. The molecule has 1 atom stereocenters. The number of furan rings is 1. The largest absolute Gasteiger partial charge is 0.469 e. The van der Waals surface area contributed by atoms with E-state index in [0.29, 0.717) is 17.7 Å². The number of hydrogen-bond donors (Lipinski definition) is 1. The third-order valence-corrected chi connectivity index (χ3v) is 3.88. The minimum Gasteiger partial charge on any atom is -0.469 e. The maximum absolute atomic E-state index is 12.4. The molecule has 1 aliphatic rings. The Hall–Kier alpha value is -2.89. The predicted octanol–water partition coefficient (Wildman–Crippen LogP) is 2.29. The van der Waals surface area contributed by atoms with Gasteiger partial charge in [0.05, 0.1) is 12.0 Å². The van der Waals surface area contributed by atoms with Gasteiger partial charge < -0.3 is 9.73 Å². The van der Waals surface area contributed by atoms with Crippen molar-refractivity contribution in [1.82, 2.24) is 5.32 Å². The quantitative estimate of drug-likeness (QED) is 0.855. The van der Waals surface area contributed by atoms with Crippen LogP contribution in [0.2, 0.25) is 0 Å². The molecule has 6 heteroatoms. The molecule has 124 valence electrons. The summed E-state index contributed by atoms with van der Waals surface area (Å²) in [5, 5.41) is 2.89. The van der Waals surface area contributed by atoms with E-state index in [1.165, 1.54) is 0 Å². The van der Waals surface area contributed by atoms with Crippen LogP contribution in [0.1, 0.15) is 35.9 Å². The summed E-state index contributed by atoms with van der Waals surface area (Å²) < 4.78 is 5.27. The molecule has 0 radical (unpaired) electrons. The zero-order chi connectivity index (χ0) is 17.1. The lowest BCUT2D eigenvalue weighted by atomic mass is 10.1. The molecule has 1 unspecified atom stereocenters. The van der Waals surface area contributed by atoms with Crippen LogP contribution in [-0.4, -0.2) is 23.8 Å². The molecule has 2 aromatic rings. The fourth-order valence-corrected chi connectivity index (χ4v) is 2.74. The second-order valence-corrected chi connectivity index (χ2v) is 5.83. The van der Waals surface area contributed by atoms with E-state index in [1.54, 1.807) is 36.6 Å². The first-order valence-electron chi connectivity index (χ1n) is 7.83. The Morgan fingerprint density at radius 1 is 1.21 bits per heavy atom. The van der Waals surface area contributed by atoms with Crippen LogP contribution in [0.3, 0.4) is 0 Å². The summed E-state index contributed by atoms with van der Waals surface area (Å²) in [6.07, 6.45) is 2.61. The highest BCUT2D eigenvalue weighted by molar-refractivity contribution is 6.20. The molecule has 1 aromatic heterocycles. The summed E-state index contributed by atoms with van der Waals surface area (Å²) in [6, 6.07) is 10.1. The third kappa shape index (κ3) is 3.37. The van der Waals surface area contributed by atoms with Gasteiger partial charge in [-0.05, 0) is 37.3 Å². The first-order valence-corrected chi connectivity index (χ1v) is 7.83. The lowest BCUT2D eigenvalue weighted by Crippen LogP contribution is -2.34. The smallest absolute Gasteiger partial charge is 0.251 e. The van der Waals surface area contributed by atoms with Crippen molar-refractivity contribution < 1.29 is 18.8 Å². The molecule has 1 aliphatic heterocycles. The number of rotatable bonds is 5. The summed E-state index contributed by atoms with van der Waals surface area (Å²) >= 11 is 0. The average Bonchev–Trinajstić information content (AvgIpc) is 3.17. The van der Waals surface area contributed by atoms with Gasteiger partial charge in [-0.3, -0.25) is 19.3 Å². The van der Waals surface area contributed by atoms with Crippen molar-refractivity contribution in [3.05, 3.63) is 54.0 Å². The van der Waals surface area contributed by atoms with Gasteiger partial charge in [-0.2, -0.15) is 0 Å². The molecule has 2 heterocycles. The van der Waals surface area contributed by atoms with Gasteiger partial charge >= 0.3 is 0 Å². The number of benzene rings is 1. The van der Waals surface area contributed by atoms with Gasteiger partial charge in [-0.15, -0.1) is 0 Å². The molecule has 0 bridgehead atoms. The maximum atomic E-state index is 12.4. The highest BCUT2D eigenvalue weighted by atomic mass is 16.3. The number of nitrogens with zero attached hydrogens (tertiary/aromatic N) is 1. The van der Waals surface area contributed by atoms with Crippen LogP contribution in [0.15, 0.2) is 47.1 Å². The van der Waals surface area contributed by atoms with Crippen molar-refractivity contribution >= 4 is 23.4 Å². The van der Waals surface area contributed by atoms with Gasteiger partial charge in [-0.25, -0.2) is 0 Å². The number of anilines is 1. The van der Waals surface area contributed by atoms with Crippen molar-refractivity contribution in [2.75, 3.05) is 4.90 Å². The standard InChI is InChI=1S/C18H18N2O4/c1-12(10-15-6-3-9-24-15)19-18(23)13-4-2-5-14(11-13)20-16(21)7-8-17(20)22/h2-6,9,11-12H,7-8,10H2,1H3,(H,19,23). The number of carbonyl (C=O) groups excluding carboxylic acids is 3. The van der Waals surface area contributed by atoms with E-state index >= 15 is 0 Å². The van der Waals surface area contributed by atoms with Crippen molar-refractivity contribution in [3.8, 4) is 0 Å².